The van der Waals surface area contributed by atoms with Crippen LogP contribution in [0.1, 0.15) is 5.69 Å². The average Bonchev–Trinajstić information content (AvgIpc) is 2.36. The molecule has 0 fully saturated rings. The Morgan fingerprint density at radius 3 is 2.63 bits per heavy atom. The van der Waals surface area contributed by atoms with Crippen molar-refractivity contribution >= 4 is 0 Å². The molecule has 0 saturated carbocycles. The number of nitrogens with zero attached hydrogens (tertiary/aromatic N) is 2. The molecule has 0 aromatic carbocycles. The summed E-state index contributed by atoms with van der Waals surface area (Å²) in [6, 6.07) is 1.36. The molecule has 0 saturated heterocycles. The molecule has 1 aromatic rings. The molecule has 0 atom stereocenters. The zero-order chi connectivity index (χ0) is 14.4. The number of halogens is 2. The van der Waals surface area contributed by atoms with Crippen LogP contribution in [0.3, 0.4) is 0 Å². The molecule has 0 aliphatic rings. The molecule has 1 aromatic heterocycles. The maximum Gasteiger partial charge on any atom is 0.330 e. The molecule has 19 heavy (non-hydrogen) atoms. The molecule has 0 bridgehead atoms. The molecule has 8 heteroatoms. The first-order valence-corrected chi connectivity index (χ1v) is 5.76. The van der Waals surface area contributed by atoms with Gasteiger partial charge in [0.1, 0.15) is 6.61 Å². The maximum atomic E-state index is 11.8. The van der Waals surface area contributed by atoms with Gasteiger partial charge in [0.15, 0.2) is 0 Å². The van der Waals surface area contributed by atoms with E-state index in [1.807, 2.05) is 0 Å². The first kappa shape index (κ1) is 15.5. The van der Waals surface area contributed by atoms with Gasteiger partial charge in [-0.05, 0) is 0 Å². The Morgan fingerprint density at radius 1 is 1.32 bits per heavy atom. The minimum atomic E-state index is -2.47. The molecule has 0 aliphatic carbocycles. The number of alkyl halides is 2. The third-order valence-electron chi connectivity index (χ3n) is 2.60. The summed E-state index contributed by atoms with van der Waals surface area (Å²) in [6.45, 7) is 0.200. The fourth-order valence-corrected chi connectivity index (χ4v) is 1.48. The van der Waals surface area contributed by atoms with E-state index in [4.69, 9.17) is 0 Å². The van der Waals surface area contributed by atoms with Crippen LogP contribution in [0.2, 0.25) is 0 Å². The van der Waals surface area contributed by atoms with E-state index in [-0.39, 0.29) is 12.2 Å². The summed E-state index contributed by atoms with van der Waals surface area (Å²) in [5, 5.41) is 2.91. The van der Waals surface area contributed by atoms with Gasteiger partial charge < -0.3 is 10.1 Å². The zero-order valence-corrected chi connectivity index (χ0v) is 10.9. The fraction of sp³-hybridized carbons (Fsp3) is 0.636. The predicted octanol–water partition coefficient (Wildman–Crippen LogP) is -0.545. The van der Waals surface area contributed by atoms with Crippen molar-refractivity contribution in [3.8, 4) is 0 Å². The minimum absolute atomic E-state index is 0.142. The summed E-state index contributed by atoms with van der Waals surface area (Å²) in [6.07, 6.45) is -2.47. The van der Waals surface area contributed by atoms with Crippen molar-refractivity contribution in [1.29, 1.82) is 0 Å². The molecule has 0 unspecified atom stereocenters. The van der Waals surface area contributed by atoms with Crippen LogP contribution in [0.5, 0.6) is 0 Å². The van der Waals surface area contributed by atoms with Crippen LogP contribution >= 0.6 is 0 Å². The SMILES string of the molecule is Cn1c(CNCCOCC(F)F)cc(=O)n(C)c1=O. The summed E-state index contributed by atoms with van der Waals surface area (Å²) >= 11 is 0. The molecule has 0 aliphatic heterocycles. The highest BCUT2D eigenvalue weighted by Crippen LogP contribution is 1.92. The van der Waals surface area contributed by atoms with Crippen molar-refractivity contribution in [1.82, 2.24) is 14.5 Å². The zero-order valence-electron chi connectivity index (χ0n) is 10.9. The van der Waals surface area contributed by atoms with Gasteiger partial charge in [-0.1, -0.05) is 0 Å². The van der Waals surface area contributed by atoms with Crippen LogP contribution in [0.15, 0.2) is 15.7 Å². The van der Waals surface area contributed by atoms with Crippen LogP contribution in [0.4, 0.5) is 8.78 Å². The third kappa shape index (κ3) is 4.56. The quantitative estimate of drug-likeness (QED) is 0.680. The number of rotatable bonds is 7. The van der Waals surface area contributed by atoms with Gasteiger partial charge in [-0.3, -0.25) is 13.9 Å². The Morgan fingerprint density at radius 2 is 2.00 bits per heavy atom. The van der Waals surface area contributed by atoms with E-state index in [1.54, 1.807) is 7.05 Å². The minimum Gasteiger partial charge on any atom is -0.374 e. The number of aromatic nitrogens is 2. The Hall–Kier alpha value is -1.54. The van der Waals surface area contributed by atoms with Crippen molar-refractivity contribution in [2.24, 2.45) is 14.1 Å². The van der Waals surface area contributed by atoms with Gasteiger partial charge in [-0.25, -0.2) is 13.6 Å². The van der Waals surface area contributed by atoms with Crippen LogP contribution in [-0.2, 0) is 25.4 Å². The summed E-state index contributed by atoms with van der Waals surface area (Å²) in [4.78, 5) is 23.0. The first-order chi connectivity index (χ1) is 8.93. The number of nitrogens with one attached hydrogen (secondary N) is 1. The third-order valence-corrected chi connectivity index (χ3v) is 2.60. The number of ether oxygens (including phenoxy) is 1. The smallest absolute Gasteiger partial charge is 0.330 e. The standard InChI is InChI=1S/C11H17F2N3O3/c1-15-8(5-10(17)16(2)11(15)18)6-14-3-4-19-7-9(12)13/h5,9,14H,3-4,6-7H2,1-2H3. The van der Waals surface area contributed by atoms with E-state index in [2.05, 4.69) is 10.1 Å². The first-order valence-electron chi connectivity index (χ1n) is 5.76. The summed E-state index contributed by atoms with van der Waals surface area (Å²) in [5.41, 5.74) is -0.255. The van der Waals surface area contributed by atoms with Gasteiger partial charge >= 0.3 is 5.69 Å². The molecule has 108 valence electrons. The lowest BCUT2D eigenvalue weighted by molar-refractivity contribution is 0.0187. The number of hydrogen-bond acceptors (Lipinski definition) is 4. The molecular weight excluding hydrogens is 260 g/mol. The second-order valence-corrected chi connectivity index (χ2v) is 4.02. The summed E-state index contributed by atoms with van der Waals surface area (Å²) in [7, 11) is 2.96. The average molecular weight is 277 g/mol. The topological polar surface area (TPSA) is 65.3 Å². The Labute approximate surface area is 108 Å². The van der Waals surface area contributed by atoms with Crippen molar-refractivity contribution in [3.05, 3.63) is 32.6 Å². The summed E-state index contributed by atoms with van der Waals surface area (Å²) < 4.78 is 30.6. The molecule has 1 heterocycles. The Balaban J connectivity index is 2.47. The lowest BCUT2D eigenvalue weighted by Gasteiger charge is -2.10. The van der Waals surface area contributed by atoms with E-state index in [0.717, 1.165) is 4.57 Å². The van der Waals surface area contributed by atoms with E-state index in [9.17, 15) is 18.4 Å². The van der Waals surface area contributed by atoms with Gasteiger partial charge in [0.05, 0.1) is 6.61 Å². The van der Waals surface area contributed by atoms with Crippen LogP contribution < -0.4 is 16.6 Å². The van der Waals surface area contributed by atoms with E-state index in [0.29, 0.717) is 18.8 Å². The largest absolute Gasteiger partial charge is 0.374 e. The van der Waals surface area contributed by atoms with Crippen LogP contribution in [-0.4, -0.2) is 35.3 Å². The molecule has 6 nitrogen and oxygen atoms in total. The molecule has 1 rings (SSSR count). The van der Waals surface area contributed by atoms with Crippen molar-refractivity contribution in [2.75, 3.05) is 19.8 Å². The van der Waals surface area contributed by atoms with Crippen molar-refractivity contribution in [2.45, 2.75) is 13.0 Å². The normalized spacial score (nSPS) is 11.2. The predicted molar refractivity (Wildman–Crippen MR) is 65.5 cm³/mol. The van der Waals surface area contributed by atoms with Crippen LogP contribution in [0.25, 0.3) is 0 Å². The molecular formula is C11H17F2N3O3. The molecule has 1 N–H and O–H groups in total. The van der Waals surface area contributed by atoms with E-state index < -0.39 is 18.7 Å². The van der Waals surface area contributed by atoms with Gasteiger partial charge in [0, 0.05) is 38.9 Å². The second kappa shape index (κ2) is 7.15. The lowest BCUT2D eigenvalue weighted by atomic mass is 10.4. The highest BCUT2D eigenvalue weighted by molar-refractivity contribution is 5.01. The van der Waals surface area contributed by atoms with Gasteiger partial charge in [0.2, 0.25) is 0 Å². The molecule has 0 spiro atoms. The molecule has 0 amide bonds. The monoisotopic (exact) mass is 277 g/mol. The molecule has 0 radical (unpaired) electrons. The highest BCUT2D eigenvalue weighted by Gasteiger charge is 2.05. The van der Waals surface area contributed by atoms with Gasteiger partial charge in [-0.15, -0.1) is 0 Å². The Kier molecular flexibility index (Phi) is 5.84. The van der Waals surface area contributed by atoms with Gasteiger partial charge in [-0.2, -0.15) is 0 Å². The highest BCUT2D eigenvalue weighted by atomic mass is 19.3. The van der Waals surface area contributed by atoms with Gasteiger partial charge in [0.25, 0.3) is 12.0 Å². The van der Waals surface area contributed by atoms with Crippen molar-refractivity contribution in [3.63, 3.8) is 0 Å². The number of hydrogen-bond donors (Lipinski definition) is 1. The fourth-order valence-electron chi connectivity index (χ4n) is 1.48. The Bertz CT molecular complexity index is 525. The van der Waals surface area contributed by atoms with Crippen molar-refractivity contribution < 1.29 is 13.5 Å². The van der Waals surface area contributed by atoms with E-state index >= 15 is 0 Å². The summed E-state index contributed by atoms with van der Waals surface area (Å²) in [5.74, 6) is 0. The maximum absolute atomic E-state index is 11.8. The second-order valence-electron chi connectivity index (χ2n) is 4.02. The van der Waals surface area contributed by atoms with Crippen LogP contribution in [0, 0.1) is 0 Å². The lowest BCUT2D eigenvalue weighted by Crippen LogP contribution is -2.39. The van der Waals surface area contributed by atoms with E-state index in [1.165, 1.54) is 17.7 Å².